The fraction of sp³-hybridized carbons (Fsp3) is 0.364. The summed E-state index contributed by atoms with van der Waals surface area (Å²) in [6.45, 7) is 3.04. The number of thioether (sulfide) groups is 1. The lowest BCUT2D eigenvalue weighted by Gasteiger charge is -2.13. The van der Waals surface area contributed by atoms with Crippen LogP contribution in [-0.4, -0.2) is 17.5 Å². The molecule has 4 heteroatoms. The molecule has 0 bridgehead atoms. The van der Waals surface area contributed by atoms with E-state index in [9.17, 15) is 0 Å². The molecule has 0 radical (unpaired) electrons. The van der Waals surface area contributed by atoms with Gasteiger partial charge in [0.25, 0.3) is 0 Å². The minimum absolute atomic E-state index is 0.947. The number of hydrogen-bond donors (Lipinski definition) is 1. The van der Waals surface area contributed by atoms with Crippen molar-refractivity contribution in [3.05, 3.63) is 28.2 Å². The second-order valence-corrected chi connectivity index (χ2v) is 5.53. The number of nitrogens with zero attached hydrogens (tertiary/aromatic N) is 1. The van der Waals surface area contributed by atoms with E-state index < -0.39 is 0 Å². The van der Waals surface area contributed by atoms with Gasteiger partial charge in [-0.1, -0.05) is 27.7 Å². The van der Waals surface area contributed by atoms with Gasteiger partial charge in [0.2, 0.25) is 0 Å². The molecule has 2 nitrogen and oxygen atoms in total. The zero-order valence-electron chi connectivity index (χ0n) is 8.59. The second kappa shape index (κ2) is 5.03. The van der Waals surface area contributed by atoms with E-state index in [4.69, 9.17) is 0 Å². The summed E-state index contributed by atoms with van der Waals surface area (Å²) in [5, 5.41) is 4.39. The molecule has 0 atom stereocenters. The third-order valence-electron chi connectivity index (χ3n) is 2.09. The average Bonchev–Trinajstić information content (AvgIpc) is 2.17. The molecule has 0 saturated carbocycles. The molecular formula is C11H13BrN2S. The number of anilines is 1. The highest BCUT2D eigenvalue weighted by molar-refractivity contribution is 9.10. The highest BCUT2D eigenvalue weighted by Gasteiger charge is 2.06. The van der Waals surface area contributed by atoms with E-state index in [2.05, 4.69) is 51.4 Å². The molecule has 1 N–H and O–H groups in total. The van der Waals surface area contributed by atoms with Gasteiger partial charge in [-0.05, 0) is 37.1 Å². The van der Waals surface area contributed by atoms with Crippen molar-refractivity contribution in [1.82, 2.24) is 0 Å². The van der Waals surface area contributed by atoms with Crippen LogP contribution in [0.1, 0.15) is 12.0 Å². The summed E-state index contributed by atoms with van der Waals surface area (Å²) in [4.78, 5) is 4.44. The summed E-state index contributed by atoms with van der Waals surface area (Å²) in [6.07, 6.45) is 1.19. The first-order chi connectivity index (χ1) is 7.24. The number of rotatable bonds is 1. The van der Waals surface area contributed by atoms with Crippen LogP contribution >= 0.6 is 27.7 Å². The molecule has 0 fully saturated rings. The fourth-order valence-electron chi connectivity index (χ4n) is 1.47. The largest absolute Gasteiger partial charge is 0.335 e. The number of amidine groups is 1. The molecule has 1 aromatic carbocycles. The molecule has 1 heterocycles. The fourth-order valence-corrected chi connectivity index (χ4v) is 2.91. The molecular weight excluding hydrogens is 272 g/mol. The average molecular weight is 285 g/mol. The van der Waals surface area contributed by atoms with Crippen LogP contribution in [0, 0.1) is 6.92 Å². The first-order valence-corrected chi connectivity index (χ1v) is 6.73. The van der Waals surface area contributed by atoms with E-state index in [0.717, 1.165) is 21.9 Å². The van der Waals surface area contributed by atoms with Crippen LogP contribution in [0.3, 0.4) is 0 Å². The van der Waals surface area contributed by atoms with Gasteiger partial charge in [-0.15, -0.1) is 0 Å². The number of halogens is 1. The molecule has 15 heavy (non-hydrogen) atoms. The van der Waals surface area contributed by atoms with E-state index in [-0.39, 0.29) is 0 Å². The van der Waals surface area contributed by atoms with Gasteiger partial charge in [0.15, 0.2) is 5.17 Å². The summed E-state index contributed by atoms with van der Waals surface area (Å²) in [5.41, 5.74) is 2.35. The van der Waals surface area contributed by atoms with E-state index in [0.29, 0.717) is 0 Å². The standard InChI is InChI=1S/C11H13BrN2S/c1-8-5-9(12)7-10(6-8)14-11-13-3-2-4-15-11/h5-7H,2-4H2,1H3,(H,13,14). The van der Waals surface area contributed by atoms with Crippen molar-refractivity contribution >= 4 is 38.5 Å². The summed E-state index contributed by atoms with van der Waals surface area (Å²) >= 11 is 5.28. The van der Waals surface area contributed by atoms with Gasteiger partial charge in [-0.3, -0.25) is 4.99 Å². The minimum Gasteiger partial charge on any atom is -0.335 e. The summed E-state index contributed by atoms with van der Waals surface area (Å²) in [7, 11) is 0. The third kappa shape index (κ3) is 3.24. The van der Waals surface area contributed by atoms with Crippen molar-refractivity contribution in [2.75, 3.05) is 17.6 Å². The predicted molar refractivity (Wildman–Crippen MR) is 71.9 cm³/mol. The van der Waals surface area contributed by atoms with Crippen molar-refractivity contribution in [1.29, 1.82) is 0 Å². The maximum absolute atomic E-state index is 4.44. The number of benzene rings is 1. The zero-order chi connectivity index (χ0) is 10.7. The van der Waals surface area contributed by atoms with Crippen LogP contribution in [0.25, 0.3) is 0 Å². The highest BCUT2D eigenvalue weighted by atomic mass is 79.9. The first kappa shape index (κ1) is 11.0. The van der Waals surface area contributed by atoms with Gasteiger partial charge in [-0.25, -0.2) is 0 Å². The Labute approximate surface area is 103 Å². The summed E-state index contributed by atoms with van der Waals surface area (Å²) in [6, 6.07) is 6.30. The molecule has 0 aromatic heterocycles. The highest BCUT2D eigenvalue weighted by Crippen LogP contribution is 2.21. The second-order valence-electron chi connectivity index (χ2n) is 3.53. The Hall–Kier alpha value is -0.480. The Morgan fingerprint density at radius 3 is 2.93 bits per heavy atom. The van der Waals surface area contributed by atoms with Crippen LogP contribution in [0.5, 0.6) is 0 Å². The van der Waals surface area contributed by atoms with Crippen molar-refractivity contribution in [2.45, 2.75) is 13.3 Å². The van der Waals surface area contributed by atoms with Gasteiger partial charge >= 0.3 is 0 Å². The maximum atomic E-state index is 4.44. The molecule has 1 aromatic rings. The van der Waals surface area contributed by atoms with Gasteiger partial charge < -0.3 is 5.32 Å². The Morgan fingerprint density at radius 2 is 2.27 bits per heavy atom. The third-order valence-corrected chi connectivity index (χ3v) is 3.55. The number of aryl methyl sites for hydroxylation is 1. The normalized spacial score (nSPS) is 16.0. The summed E-state index contributed by atoms with van der Waals surface area (Å²) in [5.74, 6) is 1.17. The van der Waals surface area contributed by atoms with Crippen LogP contribution in [0.2, 0.25) is 0 Å². The van der Waals surface area contributed by atoms with Crippen LogP contribution in [0.15, 0.2) is 27.7 Å². The van der Waals surface area contributed by atoms with Gasteiger partial charge in [0.1, 0.15) is 0 Å². The van der Waals surface area contributed by atoms with Gasteiger partial charge in [-0.2, -0.15) is 0 Å². The van der Waals surface area contributed by atoms with Gasteiger partial charge in [0.05, 0.1) is 0 Å². The van der Waals surface area contributed by atoms with Crippen molar-refractivity contribution in [2.24, 2.45) is 4.99 Å². The van der Waals surface area contributed by atoms with Crippen LogP contribution < -0.4 is 5.32 Å². The monoisotopic (exact) mass is 284 g/mol. The predicted octanol–water partition coefficient (Wildman–Crippen LogP) is 3.66. The zero-order valence-corrected chi connectivity index (χ0v) is 11.0. The lowest BCUT2D eigenvalue weighted by molar-refractivity contribution is 0.938. The smallest absolute Gasteiger partial charge is 0.161 e. The number of hydrogen-bond acceptors (Lipinski definition) is 3. The van der Waals surface area contributed by atoms with E-state index in [1.54, 1.807) is 11.8 Å². The van der Waals surface area contributed by atoms with Crippen molar-refractivity contribution < 1.29 is 0 Å². The summed E-state index contributed by atoms with van der Waals surface area (Å²) < 4.78 is 1.10. The van der Waals surface area contributed by atoms with Crippen LogP contribution in [-0.2, 0) is 0 Å². The lowest BCUT2D eigenvalue weighted by atomic mass is 10.2. The number of aliphatic imine (C=N–C) groups is 1. The topological polar surface area (TPSA) is 24.4 Å². The van der Waals surface area contributed by atoms with E-state index >= 15 is 0 Å². The van der Waals surface area contributed by atoms with Crippen LogP contribution in [0.4, 0.5) is 5.69 Å². The van der Waals surface area contributed by atoms with Crippen molar-refractivity contribution in [3.8, 4) is 0 Å². The Kier molecular flexibility index (Phi) is 3.70. The number of nitrogens with one attached hydrogen (secondary N) is 1. The lowest BCUT2D eigenvalue weighted by Crippen LogP contribution is -2.13. The molecule has 2 rings (SSSR count). The minimum atomic E-state index is 0.947. The van der Waals surface area contributed by atoms with E-state index in [1.807, 2.05) is 0 Å². The SMILES string of the molecule is Cc1cc(Br)cc(NC2=NCCCS2)c1. The molecule has 1 aliphatic rings. The molecule has 0 amide bonds. The van der Waals surface area contributed by atoms with E-state index in [1.165, 1.54) is 17.7 Å². The molecule has 1 aliphatic heterocycles. The first-order valence-electron chi connectivity index (χ1n) is 4.95. The molecule has 0 aliphatic carbocycles. The van der Waals surface area contributed by atoms with Gasteiger partial charge in [0, 0.05) is 22.5 Å². The molecule has 80 valence electrons. The molecule has 0 saturated heterocycles. The maximum Gasteiger partial charge on any atom is 0.161 e. The quantitative estimate of drug-likeness (QED) is 0.851. The Balaban J connectivity index is 2.12. The Bertz CT molecular complexity index is 370. The van der Waals surface area contributed by atoms with Crippen molar-refractivity contribution in [3.63, 3.8) is 0 Å². The molecule has 0 unspecified atom stereocenters. The molecule has 0 spiro atoms. The Morgan fingerprint density at radius 1 is 1.40 bits per heavy atom.